The fourth-order valence-electron chi connectivity index (χ4n) is 5.92. The first kappa shape index (κ1) is 41.7. The molecule has 13 nitrogen and oxygen atoms in total. The van der Waals surface area contributed by atoms with E-state index < -0.39 is 68.0 Å². The predicted molar refractivity (Wildman–Crippen MR) is 171 cm³/mol. The van der Waals surface area contributed by atoms with Gasteiger partial charge in [-0.25, -0.2) is 0 Å². The zero-order chi connectivity index (χ0) is 33.7. The minimum Gasteiger partial charge on any atom is -0.396 e. The number of nitrogens with two attached hydrogens (primary N) is 1. The molecule has 0 aromatic rings. The Morgan fingerprint density at radius 3 is 1.89 bits per heavy atom. The van der Waals surface area contributed by atoms with E-state index in [2.05, 4.69) is 6.92 Å². The summed E-state index contributed by atoms with van der Waals surface area (Å²) < 4.78 is 28.3. The van der Waals surface area contributed by atoms with Gasteiger partial charge in [0.15, 0.2) is 12.6 Å². The quantitative estimate of drug-likeness (QED) is 0.0608. The Morgan fingerprint density at radius 2 is 1.28 bits per heavy atom. The molecule has 0 bridgehead atoms. The maximum absolute atomic E-state index is 10.3. The Kier molecular flexibility index (Phi) is 22.3. The van der Waals surface area contributed by atoms with Crippen molar-refractivity contribution in [1.82, 2.24) is 0 Å². The zero-order valence-corrected chi connectivity index (χ0v) is 27.9. The summed E-state index contributed by atoms with van der Waals surface area (Å²) in [6.45, 7) is 2.34. The SMILES string of the molecule is CC(CCCCCCCCCO)CCCCCCCCOCC(CO[C@@H]1OC[C@@H](O)[C@H](O)[C@H]1O)O[C@@H]1O[C@H](CO)[C@@H](O)[C@H](O)[C@H]1N. The van der Waals surface area contributed by atoms with E-state index in [0.29, 0.717) is 13.2 Å². The molecule has 2 aliphatic rings. The van der Waals surface area contributed by atoms with Crippen LogP contribution in [0.25, 0.3) is 0 Å². The Bertz CT molecular complexity index is 737. The van der Waals surface area contributed by atoms with Crippen LogP contribution in [0.2, 0.25) is 0 Å². The van der Waals surface area contributed by atoms with Crippen LogP contribution in [0.1, 0.15) is 103 Å². The highest BCUT2D eigenvalue weighted by Crippen LogP contribution is 2.23. The highest BCUT2D eigenvalue weighted by Gasteiger charge is 2.44. The van der Waals surface area contributed by atoms with Crippen LogP contribution in [-0.4, -0.2) is 137 Å². The summed E-state index contributed by atoms with van der Waals surface area (Å²) >= 11 is 0. The largest absolute Gasteiger partial charge is 0.396 e. The number of aliphatic hydroxyl groups is 7. The van der Waals surface area contributed by atoms with E-state index in [1.807, 2.05) is 0 Å². The van der Waals surface area contributed by atoms with Gasteiger partial charge in [0.25, 0.3) is 0 Å². The molecule has 0 aromatic carbocycles. The second kappa shape index (κ2) is 24.6. The molecule has 11 atom stereocenters. The Balaban J connectivity index is 1.62. The summed E-state index contributed by atoms with van der Waals surface area (Å²) in [4.78, 5) is 0. The minimum atomic E-state index is -1.47. The highest BCUT2D eigenvalue weighted by atomic mass is 16.7. The average molecular weight is 668 g/mol. The van der Waals surface area contributed by atoms with E-state index in [4.69, 9.17) is 34.5 Å². The molecule has 2 fully saturated rings. The van der Waals surface area contributed by atoms with Crippen molar-refractivity contribution < 1.29 is 59.4 Å². The number of hydrogen-bond donors (Lipinski definition) is 8. The first-order valence-electron chi connectivity index (χ1n) is 17.7. The summed E-state index contributed by atoms with van der Waals surface area (Å²) in [5.41, 5.74) is 6.03. The van der Waals surface area contributed by atoms with Crippen LogP contribution in [0.3, 0.4) is 0 Å². The van der Waals surface area contributed by atoms with Gasteiger partial charge in [0, 0.05) is 13.2 Å². The summed E-state index contributed by atoms with van der Waals surface area (Å²) in [6, 6.07) is -1.10. The normalized spacial score (nSPS) is 31.6. The lowest BCUT2D eigenvalue weighted by atomic mass is 9.96. The van der Waals surface area contributed by atoms with Crippen LogP contribution in [0, 0.1) is 5.92 Å². The molecule has 2 saturated heterocycles. The van der Waals surface area contributed by atoms with Crippen molar-refractivity contribution in [2.45, 2.75) is 165 Å². The lowest BCUT2D eigenvalue weighted by molar-refractivity contribution is -0.302. The highest BCUT2D eigenvalue weighted by molar-refractivity contribution is 4.92. The third-order valence-electron chi connectivity index (χ3n) is 9.05. The van der Waals surface area contributed by atoms with Gasteiger partial charge in [-0.05, 0) is 18.8 Å². The minimum absolute atomic E-state index is 0.0740. The molecule has 0 spiro atoms. The topological polar surface area (TPSA) is 214 Å². The van der Waals surface area contributed by atoms with Crippen LogP contribution in [0.4, 0.5) is 0 Å². The Morgan fingerprint density at radius 1 is 0.696 bits per heavy atom. The molecule has 13 heteroatoms. The van der Waals surface area contributed by atoms with Crippen molar-refractivity contribution in [3.63, 3.8) is 0 Å². The van der Waals surface area contributed by atoms with Gasteiger partial charge in [-0.15, -0.1) is 0 Å². The summed E-state index contributed by atoms with van der Waals surface area (Å²) in [6.07, 6.45) is 6.75. The molecule has 2 rings (SSSR count). The molecule has 0 amide bonds. The maximum atomic E-state index is 10.3. The maximum Gasteiger partial charge on any atom is 0.186 e. The van der Waals surface area contributed by atoms with Gasteiger partial charge in [-0.1, -0.05) is 90.4 Å². The lowest BCUT2D eigenvalue weighted by Gasteiger charge is -2.41. The van der Waals surface area contributed by atoms with Crippen LogP contribution in [0.5, 0.6) is 0 Å². The second-order valence-electron chi connectivity index (χ2n) is 13.2. The third-order valence-corrected chi connectivity index (χ3v) is 9.05. The lowest BCUT2D eigenvalue weighted by Crippen LogP contribution is -2.63. The fourth-order valence-corrected chi connectivity index (χ4v) is 5.92. The Hall–Kier alpha value is -0.520. The summed E-state index contributed by atoms with van der Waals surface area (Å²) in [5, 5.41) is 68.6. The smallest absolute Gasteiger partial charge is 0.186 e. The molecule has 2 aliphatic heterocycles. The first-order valence-corrected chi connectivity index (χ1v) is 17.7. The van der Waals surface area contributed by atoms with Crippen LogP contribution in [0.15, 0.2) is 0 Å². The van der Waals surface area contributed by atoms with Gasteiger partial charge in [0.05, 0.1) is 32.5 Å². The zero-order valence-electron chi connectivity index (χ0n) is 27.9. The van der Waals surface area contributed by atoms with Crippen molar-refractivity contribution in [2.75, 3.05) is 39.6 Å². The molecule has 0 aliphatic carbocycles. The van der Waals surface area contributed by atoms with Gasteiger partial charge >= 0.3 is 0 Å². The summed E-state index contributed by atoms with van der Waals surface area (Å²) in [7, 11) is 0. The van der Waals surface area contributed by atoms with E-state index in [9.17, 15) is 30.6 Å². The van der Waals surface area contributed by atoms with Crippen molar-refractivity contribution in [3.8, 4) is 0 Å². The van der Waals surface area contributed by atoms with Crippen LogP contribution >= 0.6 is 0 Å². The fraction of sp³-hybridized carbons (Fsp3) is 1.00. The molecule has 2 heterocycles. The molecular formula is C33H65NO12. The predicted octanol–water partition coefficient (Wildman–Crippen LogP) is 1.09. The van der Waals surface area contributed by atoms with E-state index >= 15 is 0 Å². The Labute approximate surface area is 275 Å². The average Bonchev–Trinajstić information content (AvgIpc) is 3.05. The van der Waals surface area contributed by atoms with Gasteiger partial charge in [0.2, 0.25) is 0 Å². The number of hydrogen-bond acceptors (Lipinski definition) is 13. The standard InChI is InChI=1S/C33H65NO12/c1-23(15-11-7-3-2-5-9-13-17-35)16-12-8-4-6-10-14-18-42-20-24(21-43-33-31(41)28(38)25(37)22-44-33)45-32-27(34)30(40)29(39)26(19-36)46-32/h23-33,35-41H,2-22,34H2,1H3/t23?,24?,25-,26-,27-,28+,29-,30-,31-,32-,33-/m1/s1. The van der Waals surface area contributed by atoms with E-state index in [0.717, 1.165) is 38.0 Å². The molecule has 2 unspecified atom stereocenters. The van der Waals surface area contributed by atoms with E-state index in [-0.39, 0.29) is 19.8 Å². The number of ether oxygens (including phenoxy) is 5. The molecule has 274 valence electrons. The molecule has 0 aromatic heterocycles. The van der Waals surface area contributed by atoms with Gasteiger partial charge < -0.3 is 65.2 Å². The van der Waals surface area contributed by atoms with Crippen molar-refractivity contribution in [1.29, 1.82) is 0 Å². The summed E-state index contributed by atoms with van der Waals surface area (Å²) in [5.74, 6) is 0.781. The van der Waals surface area contributed by atoms with Crippen molar-refractivity contribution in [2.24, 2.45) is 11.7 Å². The molecule has 9 N–H and O–H groups in total. The van der Waals surface area contributed by atoms with E-state index in [1.165, 1.54) is 64.2 Å². The second-order valence-corrected chi connectivity index (χ2v) is 13.2. The number of rotatable bonds is 26. The number of unbranched alkanes of at least 4 members (excludes halogenated alkanes) is 11. The molecule has 0 saturated carbocycles. The van der Waals surface area contributed by atoms with Crippen molar-refractivity contribution >= 4 is 0 Å². The van der Waals surface area contributed by atoms with Gasteiger partial charge in [-0.3, -0.25) is 0 Å². The first-order chi connectivity index (χ1) is 22.2. The van der Waals surface area contributed by atoms with Gasteiger partial charge in [-0.2, -0.15) is 0 Å². The molecule has 0 radical (unpaired) electrons. The van der Waals surface area contributed by atoms with E-state index in [1.54, 1.807) is 0 Å². The number of aliphatic hydroxyl groups excluding tert-OH is 7. The van der Waals surface area contributed by atoms with Crippen LogP contribution in [-0.2, 0) is 23.7 Å². The third kappa shape index (κ3) is 15.8. The van der Waals surface area contributed by atoms with Gasteiger partial charge in [0.1, 0.15) is 42.7 Å². The van der Waals surface area contributed by atoms with Crippen molar-refractivity contribution in [3.05, 3.63) is 0 Å². The molecular weight excluding hydrogens is 602 g/mol. The van der Waals surface area contributed by atoms with Crippen LogP contribution < -0.4 is 5.73 Å². The molecule has 46 heavy (non-hydrogen) atoms. The monoisotopic (exact) mass is 667 g/mol.